The van der Waals surface area contributed by atoms with Crippen molar-refractivity contribution in [2.45, 2.75) is 37.6 Å². The van der Waals surface area contributed by atoms with E-state index in [1.165, 1.54) is 5.56 Å². The van der Waals surface area contributed by atoms with E-state index in [1.807, 2.05) is 18.2 Å². The highest BCUT2D eigenvalue weighted by Crippen LogP contribution is 2.38. The molecule has 6 rings (SSSR count). The number of fused-ring (bicyclic) bond motifs is 1. The van der Waals surface area contributed by atoms with Gasteiger partial charge in [0, 0.05) is 30.5 Å². The Morgan fingerprint density at radius 3 is 2.31 bits per heavy atom. The smallest absolute Gasteiger partial charge is 0.328 e. The number of anilines is 3. The second kappa shape index (κ2) is 9.94. The van der Waals surface area contributed by atoms with Crippen LogP contribution in [0.2, 0.25) is 0 Å². The number of hydrogen-bond acceptors (Lipinski definition) is 8. The lowest BCUT2D eigenvalue weighted by molar-refractivity contribution is -0.137. The van der Waals surface area contributed by atoms with Gasteiger partial charge in [0.15, 0.2) is 5.54 Å². The summed E-state index contributed by atoms with van der Waals surface area (Å²) in [6.07, 6.45) is 5.67. The second-order valence-electron chi connectivity index (χ2n) is 9.91. The van der Waals surface area contributed by atoms with Crippen LogP contribution in [0.15, 0.2) is 60.8 Å². The molecule has 2 aromatic carbocycles. The maximum Gasteiger partial charge on any atom is 0.328 e. The molecular formula is C29H29N5O5. The lowest BCUT2D eigenvalue weighted by Gasteiger charge is -2.38. The number of methoxy groups -OCH3 is 1. The van der Waals surface area contributed by atoms with Gasteiger partial charge in [0.25, 0.3) is 11.8 Å². The third-order valence-electron chi connectivity index (χ3n) is 7.64. The molecule has 2 saturated heterocycles. The molecule has 0 bridgehead atoms. The Bertz CT molecular complexity index is 1400. The molecule has 200 valence electrons. The van der Waals surface area contributed by atoms with E-state index in [0.717, 1.165) is 42.9 Å². The van der Waals surface area contributed by atoms with Gasteiger partial charge in [-0.05, 0) is 86.2 Å². The molecule has 3 aliphatic heterocycles. The number of benzene rings is 2. The number of imide groups is 2. The lowest BCUT2D eigenvalue weighted by atomic mass is 9.92. The van der Waals surface area contributed by atoms with Crippen molar-refractivity contribution in [1.82, 2.24) is 15.6 Å². The predicted molar refractivity (Wildman–Crippen MR) is 145 cm³/mol. The van der Waals surface area contributed by atoms with Crippen molar-refractivity contribution < 1.29 is 23.9 Å². The summed E-state index contributed by atoms with van der Waals surface area (Å²) in [5, 5.41) is 4.46. The number of aryl methyl sites for hydroxylation is 1. The van der Waals surface area contributed by atoms with Crippen molar-refractivity contribution in [3.63, 3.8) is 0 Å². The number of barbiturate groups is 1. The minimum absolute atomic E-state index is 0.318. The lowest BCUT2D eigenvalue weighted by Crippen LogP contribution is -2.71. The molecule has 3 aliphatic rings. The molecule has 0 atom stereocenters. The zero-order chi connectivity index (χ0) is 27.0. The van der Waals surface area contributed by atoms with E-state index in [-0.39, 0.29) is 0 Å². The molecule has 10 heteroatoms. The molecule has 10 nitrogen and oxygen atoms in total. The highest BCUT2D eigenvalue weighted by Gasteiger charge is 2.57. The summed E-state index contributed by atoms with van der Waals surface area (Å²) in [7, 11) is 1.67. The minimum Gasteiger partial charge on any atom is -0.497 e. The third-order valence-corrected chi connectivity index (χ3v) is 7.64. The van der Waals surface area contributed by atoms with Crippen LogP contribution in [0.5, 0.6) is 17.4 Å². The van der Waals surface area contributed by atoms with Gasteiger partial charge >= 0.3 is 6.03 Å². The van der Waals surface area contributed by atoms with Crippen molar-refractivity contribution in [3.8, 4) is 17.4 Å². The number of urea groups is 1. The van der Waals surface area contributed by atoms with E-state index in [9.17, 15) is 14.4 Å². The molecule has 0 radical (unpaired) electrons. The van der Waals surface area contributed by atoms with E-state index < -0.39 is 23.4 Å². The maximum absolute atomic E-state index is 12.7. The van der Waals surface area contributed by atoms with Crippen LogP contribution in [0.1, 0.15) is 31.2 Å². The Kier molecular flexibility index (Phi) is 6.30. The van der Waals surface area contributed by atoms with Crippen LogP contribution in [-0.2, 0) is 16.0 Å². The molecule has 3 aromatic rings. The molecular weight excluding hydrogens is 498 g/mol. The fourth-order valence-corrected chi connectivity index (χ4v) is 5.73. The first-order valence-corrected chi connectivity index (χ1v) is 13.1. The van der Waals surface area contributed by atoms with Crippen molar-refractivity contribution >= 4 is 34.9 Å². The molecule has 39 heavy (non-hydrogen) atoms. The van der Waals surface area contributed by atoms with Crippen LogP contribution in [0, 0.1) is 0 Å². The first-order valence-electron chi connectivity index (χ1n) is 13.1. The zero-order valence-electron chi connectivity index (χ0n) is 21.6. The standard InChI is InChI=1S/C29H29N5O5/c1-38-22-9-6-20(7-10-22)33-15-3-2-5-19-17-23(11-12-24(19)33)39-25-13-8-21(18-30-25)34-16-4-14-29(34)26(35)31-28(37)32-27(29)36/h6-13,17-18H,2-5,14-16H2,1H3,(H2,31,32,35,36,37). The third kappa shape index (κ3) is 4.41. The minimum atomic E-state index is -1.45. The molecule has 4 amide bonds. The number of hydrogen-bond donors (Lipinski definition) is 2. The van der Waals surface area contributed by atoms with Gasteiger partial charge in [-0.3, -0.25) is 20.2 Å². The molecule has 0 saturated carbocycles. The summed E-state index contributed by atoms with van der Waals surface area (Å²) < 4.78 is 11.4. The molecule has 0 unspecified atom stereocenters. The first-order chi connectivity index (χ1) is 19.0. The van der Waals surface area contributed by atoms with E-state index >= 15 is 0 Å². The van der Waals surface area contributed by atoms with E-state index in [0.29, 0.717) is 36.7 Å². The van der Waals surface area contributed by atoms with Gasteiger partial charge in [0.2, 0.25) is 5.88 Å². The molecule has 2 fully saturated rings. The number of aromatic nitrogens is 1. The van der Waals surface area contributed by atoms with Gasteiger partial charge in [-0.25, -0.2) is 9.78 Å². The van der Waals surface area contributed by atoms with Gasteiger partial charge in [0.1, 0.15) is 11.5 Å². The van der Waals surface area contributed by atoms with Gasteiger partial charge in [-0.15, -0.1) is 0 Å². The molecule has 4 heterocycles. The van der Waals surface area contributed by atoms with Crippen LogP contribution in [0.3, 0.4) is 0 Å². The van der Waals surface area contributed by atoms with E-state index in [4.69, 9.17) is 9.47 Å². The number of ether oxygens (including phenoxy) is 2. The molecule has 1 aromatic heterocycles. The fourth-order valence-electron chi connectivity index (χ4n) is 5.73. The summed E-state index contributed by atoms with van der Waals surface area (Å²) in [6, 6.07) is 16.9. The highest BCUT2D eigenvalue weighted by molar-refractivity contribution is 6.24. The zero-order valence-corrected chi connectivity index (χ0v) is 21.6. The number of amides is 4. The van der Waals surface area contributed by atoms with Crippen LogP contribution in [0.4, 0.5) is 21.9 Å². The monoisotopic (exact) mass is 527 g/mol. The predicted octanol–water partition coefficient (Wildman–Crippen LogP) is 4.06. The van der Waals surface area contributed by atoms with Crippen LogP contribution in [0.25, 0.3) is 0 Å². The quantitative estimate of drug-likeness (QED) is 0.478. The maximum atomic E-state index is 12.7. The number of rotatable bonds is 5. The number of carbonyl (C=O) groups is 3. The number of carbonyl (C=O) groups excluding carboxylic acids is 3. The van der Waals surface area contributed by atoms with Crippen LogP contribution in [-0.4, -0.2) is 48.6 Å². The van der Waals surface area contributed by atoms with E-state index in [2.05, 4.69) is 44.8 Å². The number of nitrogens with zero attached hydrogens (tertiary/aromatic N) is 3. The van der Waals surface area contributed by atoms with Gasteiger partial charge in [-0.1, -0.05) is 0 Å². The SMILES string of the molecule is COc1ccc(N2CCCCc3cc(Oc4ccc(N5CCCC56C(=O)NC(=O)NC6=O)cn4)ccc32)cc1. The summed E-state index contributed by atoms with van der Waals surface area (Å²) >= 11 is 0. The van der Waals surface area contributed by atoms with Gasteiger partial charge < -0.3 is 19.3 Å². The summed E-state index contributed by atoms with van der Waals surface area (Å²) in [4.78, 5) is 45.5. The van der Waals surface area contributed by atoms with Crippen molar-refractivity contribution in [1.29, 1.82) is 0 Å². The molecule has 2 N–H and O–H groups in total. The Balaban J connectivity index is 1.21. The van der Waals surface area contributed by atoms with Crippen LogP contribution < -0.4 is 29.9 Å². The first kappa shape index (κ1) is 24.7. The number of pyridine rings is 1. The largest absolute Gasteiger partial charge is 0.497 e. The summed E-state index contributed by atoms with van der Waals surface area (Å²) in [5.74, 6) is 0.704. The summed E-state index contributed by atoms with van der Waals surface area (Å²) in [5.41, 5.74) is 2.64. The van der Waals surface area contributed by atoms with Crippen LogP contribution >= 0.6 is 0 Å². The average Bonchev–Trinajstić information content (AvgIpc) is 3.29. The Morgan fingerprint density at radius 2 is 1.59 bits per heavy atom. The number of nitrogens with one attached hydrogen (secondary N) is 2. The summed E-state index contributed by atoms with van der Waals surface area (Å²) in [6.45, 7) is 1.43. The normalized spacial score (nSPS) is 18.3. The van der Waals surface area contributed by atoms with Crippen molar-refractivity contribution in [2.75, 3.05) is 30.0 Å². The Hall–Kier alpha value is -4.60. The van der Waals surface area contributed by atoms with Crippen molar-refractivity contribution in [3.05, 3.63) is 66.4 Å². The Morgan fingerprint density at radius 1 is 0.846 bits per heavy atom. The molecule has 0 aliphatic carbocycles. The van der Waals surface area contributed by atoms with Gasteiger partial charge in [0.05, 0.1) is 19.0 Å². The Labute approximate surface area is 225 Å². The fraction of sp³-hybridized carbons (Fsp3) is 0.310. The average molecular weight is 528 g/mol. The highest BCUT2D eigenvalue weighted by atomic mass is 16.5. The van der Waals surface area contributed by atoms with Gasteiger partial charge in [-0.2, -0.15) is 0 Å². The second-order valence-corrected chi connectivity index (χ2v) is 9.91. The van der Waals surface area contributed by atoms with Crippen molar-refractivity contribution in [2.24, 2.45) is 0 Å². The van der Waals surface area contributed by atoms with E-state index in [1.54, 1.807) is 30.3 Å². The topological polar surface area (TPSA) is 113 Å². The molecule has 1 spiro atoms.